The van der Waals surface area contributed by atoms with Gasteiger partial charge in [-0.15, -0.1) is 11.3 Å². The summed E-state index contributed by atoms with van der Waals surface area (Å²) in [5.41, 5.74) is 3.21. The molecule has 0 amide bonds. The molecular formula is C20H15NO3S. The van der Waals surface area contributed by atoms with Crippen LogP contribution in [0.1, 0.15) is 11.3 Å². The zero-order chi connectivity index (χ0) is 17.1. The van der Waals surface area contributed by atoms with Gasteiger partial charge < -0.3 is 9.47 Å². The van der Waals surface area contributed by atoms with Crippen molar-refractivity contribution in [3.63, 3.8) is 0 Å². The van der Waals surface area contributed by atoms with E-state index in [2.05, 4.69) is 4.98 Å². The average molecular weight is 349 g/mol. The van der Waals surface area contributed by atoms with Crippen LogP contribution in [0.5, 0.6) is 5.75 Å². The van der Waals surface area contributed by atoms with Gasteiger partial charge in [0, 0.05) is 16.5 Å². The van der Waals surface area contributed by atoms with Crippen LogP contribution in [0.4, 0.5) is 0 Å². The second-order valence-corrected chi connectivity index (χ2v) is 6.44. The Bertz CT molecular complexity index is 931. The van der Waals surface area contributed by atoms with Gasteiger partial charge in [0.25, 0.3) is 0 Å². The Balaban J connectivity index is 1.42. The number of hydrogen-bond acceptors (Lipinski definition) is 5. The van der Waals surface area contributed by atoms with E-state index in [1.54, 1.807) is 0 Å². The molecule has 0 radical (unpaired) electrons. The van der Waals surface area contributed by atoms with Crippen molar-refractivity contribution in [3.8, 4) is 16.3 Å². The van der Waals surface area contributed by atoms with E-state index in [9.17, 15) is 4.79 Å². The monoisotopic (exact) mass is 349 g/mol. The number of carbonyl (C=O) groups is 1. The Kier molecular flexibility index (Phi) is 4.31. The number of rotatable bonds is 4. The number of esters is 1. The molecule has 1 aliphatic heterocycles. The lowest BCUT2D eigenvalue weighted by atomic mass is 10.1. The van der Waals surface area contributed by atoms with Gasteiger partial charge in [0.1, 0.15) is 24.0 Å². The molecule has 4 rings (SSSR count). The first-order valence-corrected chi connectivity index (χ1v) is 8.77. The third kappa shape index (κ3) is 3.46. The van der Waals surface area contributed by atoms with Crippen LogP contribution in [0.25, 0.3) is 16.6 Å². The Morgan fingerprint density at radius 1 is 1.12 bits per heavy atom. The lowest BCUT2D eigenvalue weighted by Crippen LogP contribution is -2.17. The molecule has 0 bridgehead atoms. The number of benzene rings is 2. The van der Waals surface area contributed by atoms with Crippen LogP contribution >= 0.6 is 11.3 Å². The molecule has 2 aromatic carbocycles. The highest BCUT2D eigenvalue weighted by molar-refractivity contribution is 7.13. The lowest BCUT2D eigenvalue weighted by molar-refractivity contribution is -0.140. The summed E-state index contributed by atoms with van der Waals surface area (Å²) in [5, 5.41) is 2.83. The van der Waals surface area contributed by atoms with Gasteiger partial charge >= 0.3 is 5.97 Å². The fourth-order valence-electron chi connectivity index (χ4n) is 2.55. The maximum absolute atomic E-state index is 12.3. The summed E-state index contributed by atoms with van der Waals surface area (Å²) in [4.78, 5) is 16.8. The van der Waals surface area contributed by atoms with Crippen LogP contribution in [0.2, 0.25) is 0 Å². The maximum Gasteiger partial charge on any atom is 0.337 e. The summed E-state index contributed by atoms with van der Waals surface area (Å²) in [7, 11) is 0. The van der Waals surface area contributed by atoms with Crippen molar-refractivity contribution in [1.29, 1.82) is 0 Å². The second-order valence-electron chi connectivity index (χ2n) is 5.58. The van der Waals surface area contributed by atoms with E-state index >= 15 is 0 Å². The molecule has 0 saturated carbocycles. The van der Waals surface area contributed by atoms with Gasteiger partial charge in [-0.25, -0.2) is 9.78 Å². The Morgan fingerprint density at radius 3 is 2.80 bits per heavy atom. The van der Waals surface area contributed by atoms with Crippen molar-refractivity contribution in [1.82, 2.24) is 4.98 Å². The third-order valence-corrected chi connectivity index (χ3v) is 4.76. The van der Waals surface area contributed by atoms with Crippen LogP contribution in [-0.2, 0) is 16.1 Å². The fourth-order valence-corrected chi connectivity index (χ4v) is 3.36. The number of aromatic nitrogens is 1. The molecule has 0 aliphatic carbocycles. The summed E-state index contributed by atoms with van der Waals surface area (Å²) in [6.07, 6.45) is 1.82. The first-order chi connectivity index (χ1) is 12.3. The zero-order valence-corrected chi connectivity index (χ0v) is 14.2. The van der Waals surface area contributed by atoms with Crippen LogP contribution in [0.3, 0.4) is 0 Å². The molecule has 1 aliphatic rings. The van der Waals surface area contributed by atoms with Gasteiger partial charge in [-0.3, -0.25) is 0 Å². The number of thiazole rings is 1. The zero-order valence-electron chi connectivity index (χ0n) is 13.3. The molecule has 1 aromatic heterocycles. The molecule has 0 atom stereocenters. The van der Waals surface area contributed by atoms with E-state index in [1.807, 2.05) is 66.1 Å². The lowest BCUT2D eigenvalue weighted by Gasteiger charge is -2.16. The van der Waals surface area contributed by atoms with Gasteiger partial charge in [0.05, 0.1) is 11.3 Å². The smallest absolute Gasteiger partial charge is 0.337 e. The van der Waals surface area contributed by atoms with E-state index in [0.29, 0.717) is 5.57 Å². The number of fused-ring (bicyclic) bond motifs is 1. The van der Waals surface area contributed by atoms with Gasteiger partial charge in [-0.1, -0.05) is 48.5 Å². The number of carbonyl (C=O) groups excluding carboxylic acids is 1. The Morgan fingerprint density at radius 2 is 1.92 bits per heavy atom. The molecule has 5 heteroatoms. The van der Waals surface area contributed by atoms with Crippen molar-refractivity contribution in [2.24, 2.45) is 0 Å². The summed E-state index contributed by atoms with van der Waals surface area (Å²) in [6.45, 7) is 0.378. The van der Waals surface area contributed by atoms with Gasteiger partial charge in [0.15, 0.2) is 0 Å². The topological polar surface area (TPSA) is 48.4 Å². The van der Waals surface area contributed by atoms with Crippen molar-refractivity contribution in [2.45, 2.75) is 6.61 Å². The highest BCUT2D eigenvalue weighted by Gasteiger charge is 2.18. The first kappa shape index (κ1) is 15.6. The standard InChI is InChI=1S/C20H15NO3S/c22-20(16-10-15-8-4-5-9-18(15)23-11-16)24-12-17-13-25-19(21-17)14-6-2-1-3-7-14/h1-10,13H,11-12H2. The molecule has 25 heavy (non-hydrogen) atoms. The number of hydrogen-bond donors (Lipinski definition) is 0. The molecule has 124 valence electrons. The molecule has 0 fully saturated rings. The predicted molar refractivity (Wildman–Crippen MR) is 97.3 cm³/mol. The summed E-state index contributed by atoms with van der Waals surface area (Å²) in [5.74, 6) is 0.412. The highest BCUT2D eigenvalue weighted by atomic mass is 32.1. The third-order valence-electron chi connectivity index (χ3n) is 3.82. The molecule has 0 spiro atoms. The van der Waals surface area contributed by atoms with Crippen LogP contribution < -0.4 is 4.74 Å². The van der Waals surface area contributed by atoms with Crippen molar-refractivity contribution >= 4 is 23.4 Å². The predicted octanol–water partition coefficient (Wildman–Crippen LogP) is 4.33. The van der Waals surface area contributed by atoms with Crippen LogP contribution in [-0.4, -0.2) is 17.6 Å². The minimum absolute atomic E-state index is 0.154. The van der Waals surface area contributed by atoms with E-state index in [4.69, 9.17) is 9.47 Å². The normalized spacial score (nSPS) is 12.7. The SMILES string of the molecule is O=C(OCc1csc(-c2ccccc2)n1)C1=Cc2ccccc2OC1. The summed E-state index contributed by atoms with van der Waals surface area (Å²) in [6, 6.07) is 17.6. The number of para-hydroxylation sites is 1. The number of nitrogens with zero attached hydrogens (tertiary/aromatic N) is 1. The summed E-state index contributed by atoms with van der Waals surface area (Å²) >= 11 is 1.54. The van der Waals surface area contributed by atoms with Crippen molar-refractivity contribution < 1.29 is 14.3 Å². The van der Waals surface area contributed by atoms with Crippen LogP contribution in [0.15, 0.2) is 65.6 Å². The minimum Gasteiger partial charge on any atom is -0.488 e. The van der Waals surface area contributed by atoms with Crippen molar-refractivity contribution in [2.75, 3.05) is 6.61 Å². The molecule has 0 saturated heterocycles. The van der Waals surface area contributed by atoms with Gasteiger partial charge in [0.2, 0.25) is 0 Å². The Hall–Kier alpha value is -2.92. The van der Waals surface area contributed by atoms with Crippen LogP contribution in [0, 0.1) is 0 Å². The first-order valence-electron chi connectivity index (χ1n) is 7.89. The number of ether oxygens (including phenoxy) is 2. The Labute approximate surface area is 149 Å². The molecule has 2 heterocycles. The van der Waals surface area contributed by atoms with Gasteiger partial charge in [-0.05, 0) is 12.1 Å². The fraction of sp³-hybridized carbons (Fsp3) is 0.100. The molecular weight excluding hydrogens is 334 g/mol. The summed E-state index contributed by atoms with van der Waals surface area (Å²) < 4.78 is 11.0. The molecule has 3 aromatic rings. The average Bonchev–Trinajstić information content (AvgIpc) is 3.15. The second kappa shape index (κ2) is 6.91. The molecule has 4 nitrogen and oxygen atoms in total. The largest absolute Gasteiger partial charge is 0.488 e. The van der Waals surface area contributed by atoms with E-state index in [1.165, 1.54) is 11.3 Å². The van der Waals surface area contributed by atoms with Crippen molar-refractivity contribution in [3.05, 3.63) is 76.8 Å². The minimum atomic E-state index is -0.372. The highest BCUT2D eigenvalue weighted by Crippen LogP contribution is 2.27. The van der Waals surface area contributed by atoms with E-state index in [-0.39, 0.29) is 19.2 Å². The maximum atomic E-state index is 12.3. The quantitative estimate of drug-likeness (QED) is 0.658. The van der Waals surface area contributed by atoms with E-state index < -0.39 is 0 Å². The molecule has 0 unspecified atom stereocenters. The van der Waals surface area contributed by atoms with Gasteiger partial charge in [-0.2, -0.15) is 0 Å². The molecule has 0 N–H and O–H groups in total. The van der Waals surface area contributed by atoms with E-state index in [0.717, 1.165) is 27.6 Å².